The molecule has 2 rings (SSSR count). The minimum atomic E-state index is -5.31. The van der Waals surface area contributed by atoms with Crippen LogP contribution in [0.25, 0.3) is 0 Å². The normalized spacial score (nSPS) is 13.5. The lowest BCUT2D eigenvalue weighted by atomic mass is 10.0. The number of carbonyl (C=O) groups is 2. The largest absolute Gasteiger partial charge is 0.426 e. The Hall–Kier alpha value is -2.29. The lowest BCUT2D eigenvalue weighted by Gasteiger charge is -2.31. The first-order valence-electron chi connectivity index (χ1n) is 7.85. The van der Waals surface area contributed by atoms with Crippen molar-refractivity contribution in [3.05, 3.63) is 64.1 Å². The predicted octanol–water partition coefficient (Wildman–Crippen LogP) is 4.55. The average Bonchev–Trinajstić information content (AvgIpc) is 2.63. The Balaban J connectivity index is 2.39. The number of rotatable bonds is 4. The maximum Gasteiger partial charge on any atom is 0.426 e. The highest BCUT2D eigenvalue weighted by Gasteiger charge is 2.58. The van der Waals surface area contributed by atoms with Crippen LogP contribution in [0.2, 0.25) is 10.0 Å². The number of amides is 3. The molecule has 0 aliphatic heterocycles. The minimum Gasteiger partial charge on any atom is -0.373 e. The summed E-state index contributed by atoms with van der Waals surface area (Å²) in [5, 5.41) is 12.1. The molecule has 2 aromatic rings. The van der Waals surface area contributed by atoms with Crippen molar-refractivity contribution in [2.24, 2.45) is 0 Å². The fourth-order valence-corrected chi connectivity index (χ4v) is 2.43. The highest BCUT2D eigenvalue weighted by atomic mass is 35.5. The van der Waals surface area contributed by atoms with E-state index in [0.29, 0.717) is 5.56 Å². The summed E-state index contributed by atoms with van der Waals surface area (Å²) in [5.74, 6) is -1.89. The maximum absolute atomic E-state index is 13.1. The quantitative estimate of drug-likeness (QED) is 0.741. The first-order chi connectivity index (χ1) is 12.9. The number of aliphatic hydroxyl groups is 1. The molecule has 10 heteroatoms. The second kappa shape index (κ2) is 8.38. The summed E-state index contributed by atoms with van der Waals surface area (Å²) in [6, 6.07) is 10.8. The molecule has 0 radical (unpaired) electrons. The molecule has 0 aromatic heterocycles. The number of anilines is 1. The molecule has 3 amide bonds. The summed E-state index contributed by atoms with van der Waals surface area (Å²) in [7, 11) is 0. The Labute approximate surface area is 168 Å². The van der Waals surface area contributed by atoms with Crippen LogP contribution in [0.3, 0.4) is 0 Å². The molecule has 1 atom stereocenters. The van der Waals surface area contributed by atoms with E-state index in [1.54, 1.807) is 30.3 Å². The lowest BCUT2D eigenvalue weighted by molar-refractivity contribution is -0.243. The van der Waals surface area contributed by atoms with E-state index in [0.717, 1.165) is 12.1 Å². The number of halogens is 5. The van der Waals surface area contributed by atoms with Crippen LogP contribution in [-0.2, 0) is 11.3 Å². The fraction of sp³-hybridized carbons (Fsp3) is 0.222. The Morgan fingerprint density at radius 1 is 1.07 bits per heavy atom. The smallest absolute Gasteiger partial charge is 0.373 e. The van der Waals surface area contributed by atoms with E-state index in [-0.39, 0.29) is 34.1 Å². The first kappa shape index (κ1) is 22.0. The van der Waals surface area contributed by atoms with Crippen molar-refractivity contribution in [3.63, 3.8) is 0 Å². The minimum absolute atomic E-state index is 0.0566. The summed E-state index contributed by atoms with van der Waals surface area (Å²) in [5.41, 5.74) is -3.43. The van der Waals surface area contributed by atoms with Crippen LogP contribution in [0.1, 0.15) is 12.5 Å². The van der Waals surface area contributed by atoms with Gasteiger partial charge in [-0.3, -0.25) is 4.79 Å². The molecule has 2 aromatic carbocycles. The molecular formula is C18H15Cl2F3N2O3. The number of hydrogen-bond donors (Lipinski definition) is 2. The highest BCUT2D eigenvalue weighted by molar-refractivity contribution is 6.42. The molecule has 0 aliphatic rings. The van der Waals surface area contributed by atoms with Gasteiger partial charge in [0.1, 0.15) is 0 Å². The summed E-state index contributed by atoms with van der Waals surface area (Å²) in [4.78, 5) is 25.2. The van der Waals surface area contributed by atoms with Crippen LogP contribution in [0.5, 0.6) is 0 Å². The third-order valence-electron chi connectivity index (χ3n) is 3.82. The zero-order valence-corrected chi connectivity index (χ0v) is 15.9. The number of nitrogens with one attached hydrogen (secondary N) is 1. The van der Waals surface area contributed by atoms with E-state index in [9.17, 15) is 27.9 Å². The van der Waals surface area contributed by atoms with Crippen LogP contribution in [0, 0.1) is 0 Å². The maximum atomic E-state index is 13.1. The monoisotopic (exact) mass is 434 g/mol. The van der Waals surface area contributed by atoms with Crippen molar-refractivity contribution >= 4 is 40.8 Å². The number of carbonyl (C=O) groups excluding carboxylic acids is 2. The van der Waals surface area contributed by atoms with E-state index < -0.39 is 23.7 Å². The summed E-state index contributed by atoms with van der Waals surface area (Å²) < 4.78 is 39.4. The molecule has 150 valence electrons. The van der Waals surface area contributed by atoms with Gasteiger partial charge in [-0.25, -0.2) is 9.69 Å². The standard InChI is InChI=1S/C18H15Cl2F3N2O3/c1-17(28,18(21,22)23)15(26)25(12-7-8-13(19)14(20)9-12)16(27)24-10-11-5-3-2-4-6-11/h2-9,28H,10H2,1H3,(H,24,27). The number of alkyl halides is 3. The summed E-state index contributed by atoms with van der Waals surface area (Å²) in [6.45, 7) is 0.212. The third kappa shape index (κ3) is 4.76. The van der Waals surface area contributed by atoms with Gasteiger partial charge >= 0.3 is 12.2 Å². The van der Waals surface area contributed by atoms with Gasteiger partial charge in [-0.2, -0.15) is 13.2 Å². The van der Waals surface area contributed by atoms with Crippen molar-refractivity contribution in [2.45, 2.75) is 25.2 Å². The van der Waals surface area contributed by atoms with Gasteiger partial charge in [0, 0.05) is 6.54 Å². The average molecular weight is 435 g/mol. The summed E-state index contributed by atoms with van der Waals surface area (Å²) in [6.07, 6.45) is -5.31. The second-order valence-corrected chi connectivity index (χ2v) is 6.77. The Kier molecular flexibility index (Phi) is 6.59. The highest BCUT2D eigenvalue weighted by Crippen LogP contribution is 2.34. The lowest BCUT2D eigenvalue weighted by Crippen LogP contribution is -2.59. The van der Waals surface area contributed by atoms with Gasteiger partial charge in [0.2, 0.25) is 5.60 Å². The van der Waals surface area contributed by atoms with Crippen molar-refractivity contribution in [1.82, 2.24) is 5.32 Å². The van der Waals surface area contributed by atoms with E-state index in [4.69, 9.17) is 23.2 Å². The van der Waals surface area contributed by atoms with E-state index >= 15 is 0 Å². The zero-order chi connectivity index (χ0) is 21.1. The molecule has 0 saturated carbocycles. The van der Waals surface area contributed by atoms with Crippen molar-refractivity contribution < 1.29 is 27.9 Å². The molecule has 0 fully saturated rings. The van der Waals surface area contributed by atoms with Gasteiger partial charge in [0.25, 0.3) is 5.91 Å². The molecule has 28 heavy (non-hydrogen) atoms. The van der Waals surface area contributed by atoms with Gasteiger partial charge in [0.05, 0.1) is 15.7 Å². The molecule has 1 unspecified atom stereocenters. The first-order valence-corrected chi connectivity index (χ1v) is 8.61. The van der Waals surface area contributed by atoms with Gasteiger partial charge in [-0.1, -0.05) is 53.5 Å². The molecular weight excluding hydrogens is 420 g/mol. The van der Waals surface area contributed by atoms with Gasteiger partial charge < -0.3 is 10.4 Å². The number of imide groups is 1. The molecule has 2 N–H and O–H groups in total. The van der Waals surface area contributed by atoms with Crippen LogP contribution in [-0.4, -0.2) is 28.8 Å². The van der Waals surface area contributed by atoms with Crippen molar-refractivity contribution in [1.29, 1.82) is 0 Å². The Morgan fingerprint density at radius 3 is 2.21 bits per heavy atom. The zero-order valence-electron chi connectivity index (χ0n) is 14.4. The van der Waals surface area contributed by atoms with Gasteiger partial charge in [0.15, 0.2) is 0 Å². The van der Waals surface area contributed by atoms with E-state index in [1.807, 2.05) is 0 Å². The molecule has 0 bridgehead atoms. The molecule has 0 aliphatic carbocycles. The number of nitrogens with zero attached hydrogens (tertiary/aromatic N) is 1. The SMILES string of the molecule is CC(O)(C(=O)N(C(=O)NCc1ccccc1)c1ccc(Cl)c(Cl)c1)C(F)(F)F. The van der Waals surface area contributed by atoms with Gasteiger partial charge in [-0.15, -0.1) is 0 Å². The van der Waals surface area contributed by atoms with Crippen molar-refractivity contribution in [3.8, 4) is 0 Å². The van der Waals surface area contributed by atoms with Crippen molar-refractivity contribution in [2.75, 3.05) is 4.90 Å². The Bertz CT molecular complexity index is 874. The molecule has 0 heterocycles. The molecule has 0 saturated heterocycles. The van der Waals surface area contributed by atoms with Crippen LogP contribution >= 0.6 is 23.2 Å². The van der Waals surface area contributed by atoms with Crippen LogP contribution in [0.4, 0.5) is 23.7 Å². The topological polar surface area (TPSA) is 69.6 Å². The predicted molar refractivity (Wildman–Crippen MR) is 99.3 cm³/mol. The third-order valence-corrected chi connectivity index (χ3v) is 4.56. The summed E-state index contributed by atoms with van der Waals surface area (Å²) >= 11 is 11.6. The Morgan fingerprint density at radius 2 is 1.68 bits per heavy atom. The number of urea groups is 1. The number of hydrogen-bond acceptors (Lipinski definition) is 3. The van der Waals surface area contributed by atoms with E-state index in [1.165, 1.54) is 6.07 Å². The van der Waals surface area contributed by atoms with E-state index in [2.05, 4.69) is 5.32 Å². The van der Waals surface area contributed by atoms with Crippen LogP contribution < -0.4 is 10.2 Å². The second-order valence-electron chi connectivity index (χ2n) is 5.95. The van der Waals surface area contributed by atoms with Gasteiger partial charge in [-0.05, 0) is 30.7 Å². The molecule has 0 spiro atoms. The number of benzene rings is 2. The molecule has 5 nitrogen and oxygen atoms in total. The van der Waals surface area contributed by atoms with Crippen LogP contribution in [0.15, 0.2) is 48.5 Å². The fourth-order valence-electron chi connectivity index (χ4n) is 2.14.